The summed E-state index contributed by atoms with van der Waals surface area (Å²) in [5.41, 5.74) is 4.79. The van der Waals surface area contributed by atoms with Crippen LogP contribution in [-0.2, 0) is 0 Å². The van der Waals surface area contributed by atoms with Crippen LogP contribution in [0.4, 0.5) is 5.69 Å². The van der Waals surface area contributed by atoms with Crippen molar-refractivity contribution in [1.29, 1.82) is 0 Å². The zero-order valence-corrected chi connectivity index (χ0v) is 13.6. The van der Waals surface area contributed by atoms with E-state index in [-0.39, 0.29) is 5.91 Å². The number of halogens is 1. The first-order valence-electron chi connectivity index (χ1n) is 7.24. The summed E-state index contributed by atoms with van der Waals surface area (Å²) in [5, 5.41) is 10.4. The lowest BCUT2D eigenvalue weighted by Gasteiger charge is -2.09. The zero-order valence-electron chi connectivity index (χ0n) is 12.9. The Morgan fingerprint density at radius 1 is 1.13 bits per heavy atom. The van der Waals surface area contributed by atoms with Gasteiger partial charge >= 0.3 is 0 Å². The molecule has 4 nitrogen and oxygen atoms in total. The summed E-state index contributed by atoms with van der Waals surface area (Å²) in [4.78, 5) is 12.4. The average Bonchev–Trinajstić information content (AvgIpc) is 3.02. The molecule has 2 N–H and O–H groups in total. The van der Waals surface area contributed by atoms with Crippen LogP contribution in [-0.4, -0.2) is 16.1 Å². The van der Waals surface area contributed by atoms with Gasteiger partial charge in [-0.3, -0.25) is 9.89 Å². The van der Waals surface area contributed by atoms with Crippen LogP contribution in [0, 0.1) is 13.8 Å². The van der Waals surface area contributed by atoms with Gasteiger partial charge in [0.05, 0.1) is 10.7 Å². The number of benzene rings is 2. The summed E-state index contributed by atoms with van der Waals surface area (Å²) in [6, 6.07) is 14.9. The Morgan fingerprint density at radius 3 is 2.70 bits per heavy atom. The van der Waals surface area contributed by atoms with Gasteiger partial charge in [0.15, 0.2) is 0 Å². The fraction of sp³-hybridized carbons (Fsp3) is 0.111. The van der Waals surface area contributed by atoms with Crippen molar-refractivity contribution in [1.82, 2.24) is 10.2 Å². The Labute approximate surface area is 139 Å². The van der Waals surface area contributed by atoms with E-state index in [9.17, 15) is 4.79 Å². The third-order valence-electron chi connectivity index (χ3n) is 3.83. The minimum Gasteiger partial charge on any atom is -0.320 e. The Balaban J connectivity index is 1.84. The van der Waals surface area contributed by atoms with Gasteiger partial charge in [-0.2, -0.15) is 5.10 Å². The molecule has 0 aliphatic carbocycles. The van der Waals surface area contributed by atoms with Gasteiger partial charge in [0.2, 0.25) is 0 Å². The molecule has 0 unspecified atom stereocenters. The van der Waals surface area contributed by atoms with Crippen molar-refractivity contribution in [2.24, 2.45) is 0 Å². The lowest BCUT2D eigenvalue weighted by Crippen LogP contribution is -2.13. The molecule has 0 spiro atoms. The van der Waals surface area contributed by atoms with Crippen LogP contribution in [0.15, 0.2) is 48.5 Å². The van der Waals surface area contributed by atoms with Gasteiger partial charge in [0.25, 0.3) is 5.91 Å². The molecule has 2 aromatic carbocycles. The van der Waals surface area contributed by atoms with Gasteiger partial charge in [-0.05, 0) is 43.2 Å². The Hall–Kier alpha value is -2.59. The van der Waals surface area contributed by atoms with E-state index in [2.05, 4.69) is 15.5 Å². The highest BCUT2D eigenvalue weighted by molar-refractivity contribution is 6.33. The SMILES string of the molecule is Cc1cccc(NC(=O)c2cc(-c3ccccc3Cl)n[nH]2)c1C. The number of aromatic amines is 1. The third kappa shape index (κ3) is 3.12. The first-order chi connectivity index (χ1) is 11.1. The van der Waals surface area contributed by atoms with Crippen LogP contribution in [0.2, 0.25) is 5.02 Å². The Kier molecular flexibility index (Phi) is 4.17. The number of rotatable bonds is 3. The maximum atomic E-state index is 12.4. The first-order valence-corrected chi connectivity index (χ1v) is 7.62. The predicted molar refractivity (Wildman–Crippen MR) is 92.9 cm³/mol. The number of anilines is 1. The van der Waals surface area contributed by atoms with Crippen LogP contribution in [0.25, 0.3) is 11.3 Å². The number of hydrogen-bond donors (Lipinski definition) is 2. The molecule has 0 aliphatic heterocycles. The molecular formula is C18H16ClN3O. The van der Waals surface area contributed by atoms with E-state index in [0.29, 0.717) is 16.4 Å². The van der Waals surface area contributed by atoms with Crippen molar-refractivity contribution in [2.75, 3.05) is 5.32 Å². The minimum atomic E-state index is -0.232. The number of hydrogen-bond acceptors (Lipinski definition) is 2. The van der Waals surface area contributed by atoms with E-state index in [4.69, 9.17) is 11.6 Å². The molecule has 0 atom stereocenters. The van der Waals surface area contributed by atoms with Gasteiger partial charge in [0, 0.05) is 11.3 Å². The van der Waals surface area contributed by atoms with Gasteiger partial charge in [-0.1, -0.05) is 41.9 Å². The topological polar surface area (TPSA) is 57.8 Å². The number of H-pyrrole nitrogens is 1. The molecule has 3 rings (SSSR count). The number of amides is 1. The van der Waals surface area contributed by atoms with Crippen molar-refractivity contribution in [3.05, 3.63) is 70.4 Å². The van der Waals surface area contributed by atoms with Crippen molar-refractivity contribution >= 4 is 23.2 Å². The average molecular weight is 326 g/mol. The minimum absolute atomic E-state index is 0.232. The van der Waals surface area contributed by atoms with Gasteiger partial charge < -0.3 is 5.32 Å². The smallest absolute Gasteiger partial charge is 0.273 e. The zero-order chi connectivity index (χ0) is 16.4. The summed E-state index contributed by atoms with van der Waals surface area (Å²) in [5.74, 6) is -0.232. The van der Waals surface area contributed by atoms with E-state index in [1.807, 2.05) is 50.2 Å². The van der Waals surface area contributed by atoms with Gasteiger partial charge in [0.1, 0.15) is 5.69 Å². The van der Waals surface area contributed by atoms with E-state index < -0.39 is 0 Å². The summed E-state index contributed by atoms with van der Waals surface area (Å²) in [7, 11) is 0. The number of nitrogens with one attached hydrogen (secondary N) is 2. The van der Waals surface area contributed by atoms with E-state index in [1.54, 1.807) is 12.1 Å². The van der Waals surface area contributed by atoms with Crippen molar-refractivity contribution in [2.45, 2.75) is 13.8 Å². The fourth-order valence-electron chi connectivity index (χ4n) is 2.32. The highest BCUT2D eigenvalue weighted by atomic mass is 35.5. The molecule has 1 amide bonds. The molecule has 0 saturated heterocycles. The summed E-state index contributed by atoms with van der Waals surface area (Å²) >= 11 is 6.16. The third-order valence-corrected chi connectivity index (χ3v) is 4.15. The molecule has 3 aromatic rings. The van der Waals surface area contributed by atoms with Crippen LogP contribution < -0.4 is 5.32 Å². The second-order valence-corrected chi connectivity index (χ2v) is 5.76. The van der Waals surface area contributed by atoms with E-state index >= 15 is 0 Å². The molecule has 5 heteroatoms. The molecule has 0 radical (unpaired) electrons. The lowest BCUT2D eigenvalue weighted by atomic mass is 10.1. The van der Waals surface area contributed by atoms with Crippen molar-refractivity contribution in [3.63, 3.8) is 0 Å². The summed E-state index contributed by atoms with van der Waals surface area (Å²) in [6.07, 6.45) is 0. The van der Waals surface area contributed by atoms with Crippen LogP contribution in [0.1, 0.15) is 21.6 Å². The van der Waals surface area contributed by atoms with E-state index in [0.717, 1.165) is 22.4 Å². The number of carbonyl (C=O) groups is 1. The second kappa shape index (κ2) is 6.26. The van der Waals surface area contributed by atoms with Gasteiger partial charge in [-0.25, -0.2) is 0 Å². The number of aryl methyl sites for hydroxylation is 1. The number of nitrogens with zero attached hydrogens (tertiary/aromatic N) is 1. The molecule has 0 aliphatic rings. The summed E-state index contributed by atoms with van der Waals surface area (Å²) < 4.78 is 0. The maximum absolute atomic E-state index is 12.4. The largest absolute Gasteiger partial charge is 0.320 e. The molecule has 0 saturated carbocycles. The molecular weight excluding hydrogens is 310 g/mol. The maximum Gasteiger partial charge on any atom is 0.273 e. The monoisotopic (exact) mass is 325 g/mol. The highest BCUT2D eigenvalue weighted by Crippen LogP contribution is 2.26. The van der Waals surface area contributed by atoms with Gasteiger partial charge in [-0.15, -0.1) is 0 Å². The highest BCUT2D eigenvalue weighted by Gasteiger charge is 2.13. The quantitative estimate of drug-likeness (QED) is 0.739. The van der Waals surface area contributed by atoms with E-state index in [1.165, 1.54) is 0 Å². The standard InChI is InChI=1S/C18H16ClN3O/c1-11-6-5-9-15(12(11)2)20-18(23)17-10-16(21-22-17)13-7-3-4-8-14(13)19/h3-10H,1-2H3,(H,20,23)(H,21,22). The Bertz CT molecular complexity index is 870. The van der Waals surface area contributed by atoms with Crippen LogP contribution in [0.5, 0.6) is 0 Å². The van der Waals surface area contributed by atoms with Crippen LogP contribution >= 0.6 is 11.6 Å². The molecule has 1 heterocycles. The molecule has 116 valence electrons. The van der Waals surface area contributed by atoms with Crippen molar-refractivity contribution < 1.29 is 4.79 Å². The van der Waals surface area contributed by atoms with Crippen molar-refractivity contribution in [3.8, 4) is 11.3 Å². The number of aromatic nitrogens is 2. The molecule has 1 aromatic heterocycles. The summed E-state index contributed by atoms with van der Waals surface area (Å²) in [6.45, 7) is 3.99. The predicted octanol–water partition coefficient (Wildman–Crippen LogP) is 4.60. The normalized spacial score (nSPS) is 10.6. The Morgan fingerprint density at radius 2 is 1.91 bits per heavy atom. The first kappa shape index (κ1) is 15.3. The number of carbonyl (C=O) groups excluding carboxylic acids is 1. The molecule has 23 heavy (non-hydrogen) atoms. The lowest BCUT2D eigenvalue weighted by molar-refractivity contribution is 0.102. The second-order valence-electron chi connectivity index (χ2n) is 5.35. The van der Waals surface area contributed by atoms with Crippen LogP contribution in [0.3, 0.4) is 0 Å². The fourth-order valence-corrected chi connectivity index (χ4v) is 2.55. The molecule has 0 fully saturated rings. The molecule has 0 bridgehead atoms.